The monoisotopic (exact) mass is 208 g/mol. The molecule has 84 valence electrons. The highest BCUT2D eigenvalue weighted by molar-refractivity contribution is 4.97. The Bertz CT molecular complexity index is 271. The van der Waals surface area contributed by atoms with Crippen molar-refractivity contribution in [2.75, 3.05) is 20.1 Å². The minimum atomic E-state index is 0.653. The standard InChI is InChI=1S/C12H20N2O/c1-14-7-2-4-11(6-8-14)13-10-12-5-3-9-15-12/h3,5,9,11,13H,2,4,6-8,10H2,1H3. The molecule has 3 heteroatoms. The maximum Gasteiger partial charge on any atom is 0.117 e. The highest BCUT2D eigenvalue weighted by Gasteiger charge is 2.14. The summed E-state index contributed by atoms with van der Waals surface area (Å²) < 4.78 is 5.30. The van der Waals surface area contributed by atoms with Crippen LogP contribution in [0, 0.1) is 0 Å². The van der Waals surface area contributed by atoms with E-state index >= 15 is 0 Å². The number of likely N-dealkylation sites (tertiary alicyclic amines) is 1. The van der Waals surface area contributed by atoms with Gasteiger partial charge in [0, 0.05) is 6.04 Å². The molecule has 0 saturated carbocycles. The van der Waals surface area contributed by atoms with Gasteiger partial charge in [-0.1, -0.05) is 0 Å². The van der Waals surface area contributed by atoms with Gasteiger partial charge in [-0.3, -0.25) is 0 Å². The molecule has 1 aromatic rings. The maximum atomic E-state index is 5.30. The van der Waals surface area contributed by atoms with Crippen molar-refractivity contribution >= 4 is 0 Å². The number of rotatable bonds is 3. The minimum Gasteiger partial charge on any atom is -0.468 e. The van der Waals surface area contributed by atoms with Crippen molar-refractivity contribution in [2.45, 2.75) is 31.8 Å². The molecule has 1 aliphatic rings. The zero-order chi connectivity index (χ0) is 10.5. The Kier molecular flexibility index (Phi) is 3.80. The lowest BCUT2D eigenvalue weighted by Gasteiger charge is -2.15. The summed E-state index contributed by atoms with van der Waals surface area (Å²) in [6.07, 6.45) is 5.56. The molecule has 0 aliphatic carbocycles. The van der Waals surface area contributed by atoms with E-state index in [-0.39, 0.29) is 0 Å². The van der Waals surface area contributed by atoms with Crippen LogP contribution in [0.3, 0.4) is 0 Å². The van der Waals surface area contributed by atoms with E-state index in [1.165, 1.54) is 32.4 Å². The Balaban J connectivity index is 1.74. The first-order chi connectivity index (χ1) is 7.34. The molecule has 0 aromatic carbocycles. The number of nitrogens with one attached hydrogen (secondary N) is 1. The van der Waals surface area contributed by atoms with Crippen LogP contribution in [-0.2, 0) is 6.54 Å². The molecule has 1 aromatic heterocycles. The number of hydrogen-bond acceptors (Lipinski definition) is 3. The highest BCUT2D eigenvalue weighted by Crippen LogP contribution is 2.10. The first-order valence-corrected chi connectivity index (χ1v) is 5.79. The van der Waals surface area contributed by atoms with Crippen molar-refractivity contribution in [3.8, 4) is 0 Å². The van der Waals surface area contributed by atoms with Gasteiger partial charge < -0.3 is 14.6 Å². The number of nitrogens with zero attached hydrogens (tertiary/aromatic N) is 1. The highest BCUT2D eigenvalue weighted by atomic mass is 16.3. The van der Waals surface area contributed by atoms with Crippen molar-refractivity contribution in [1.82, 2.24) is 10.2 Å². The fraction of sp³-hybridized carbons (Fsp3) is 0.667. The number of furan rings is 1. The van der Waals surface area contributed by atoms with Crippen LogP contribution in [0.25, 0.3) is 0 Å². The quantitative estimate of drug-likeness (QED) is 0.821. The third kappa shape index (κ3) is 3.36. The van der Waals surface area contributed by atoms with Gasteiger partial charge in [0.05, 0.1) is 12.8 Å². The molecule has 1 atom stereocenters. The van der Waals surface area contributed by atoms with Gasteiger partial charge in [0.15, 0.2) is 0 Å². The second-order valence-corrected chi connectivity index (χ2v) is 4.39. The lowest BCUT2D eigenvalue weighted by molar-refractivity contribution is 0.342. The molecule has 3 nitrogen and oxygen atoms in total. The zero-order valence-corrected chi connectivity index (χ0v) is 9.41. The molecule has 1 saturated heterocycles. The largest absolute Gasteiger partial charge is 0.468 e. The van der Waals surface area contributed by atoms with Crippen LogP contribution in [0.4, 0.5) is 0 Å². The topological polar surface area (TPSA) is 28.4 Å². The molecule has 1 aliphatic heterocycles. The Labute approximate surface area is 91.4 Å². The van der Waals surface area contributed by atoms with Crippen molar-refractivity contribution < 1.29 is 4.42 Å². The lowest BCUT2D eigenvalue weighted by Crippen LogP contribution is -2.29. The maximum absolute atomic E-state index is 5.30. The molecular formula is C12H20N2O. The summed E-state index contributed by atoms with van der Waals surface area (Å²) in [6.45, 7) is 3.30. The molecule has 0 bridgehead atoms. The van der Waals surface area contributed by atoms with Gasteiger partial charge in [-0.25, -0.2) is 0 Å². The molecule has 0 amide bonds. The molecular weight excluding hydrogens is 188 g/mol. The van der Waals surface area contributed by atoms with Gasteiger partial charge in [-0.05, 0) is 51.5 Å². The predicted octanol–water partition coefficient (Wildman–Crippen LogP) is 1.85. The first-order valence-electron chi connectivity index (χ1n) is 5.79. The van der Waals surface area contributed by atoms with Crippen molar-refractivity contribution in [3.63, 3.8) is 0 Å². The summed E-state index contributed by atoms with van der Waals surface area (Å²) in [5.74, 6) is 1.03. The third-order valence-corrected chi connectivity index (χ3v) is 3.10. The van der Waals surface area contributed by atoms with Crippen molar-refractivity contribution in [3.05, 3.63) is 24.2 Å². The second kappa shape index (κ2) is 5.33. The first kappa shape index (κ1) is 10.7. The molecule has 1 fully saturated rings. The van der Waals surface area contributed by atoms with Gasteiger partial charge in [-0.2, -0.15) is 0 Å². The summed E-state index contributed by atoms with van der Waals surface area (Å²) >= 11 is 0. The fourth-order valence-electron chi connectivity index (χ4n) is 2.10. The van der Waals surface area contributed by atoms with E-state index in [0.29, 0.717) is 6.04 Å². The Morgan fingerprint density at radius 3 is 3.20 bits per heavy atom. The summed E-state index contributed by atoms with van der Waals surface area (Å²) in [7, 11) is 2.20. The van der Waals surface area contributed by atoms with Crippen LogP contribution < -0.4 is 5.32 Å². The van der Waals surface area contributed by atoms with Gasteiger partial charge in [0.25, 0.3) is 0 Å². The lowest BCUT2D eigenvalue weighted by atomic mass is 10.1. The van der Waals surface area contributed by atoms with E-state index in [4.69, 9.17) is 4.42 Å². The molecule has 0 radical (unpaired) electrons. The van der Waals surface area contributed by atoms with Crippen molar-refractivity contribution in [1.29, 1.82) is 0 Å². The Hall–Kier alpha value is -0.800. The SMILES string of the molecule is CN1CCCC(NCc2ccco2)CC1. The number of hydrogen-bond donors (Lipinski definition) is 1. The van der Waals surface area contributed by atoms with Gasteiger partial charge >= 0.3 is 0 Å². The van der Waals surface area contributed by atoms with Crippen LogP contribution >= 0.6 is 0 Å². The smallest absolute Gasteiger partial charge is 0.117 e. The van der Waals surface area contributed by atoms with Crippen LogP contribution in [0.5, 0.6) is 0 Å². The van der Waals surface area contributed by atoms with E-state index in [0.717, 1.165) is 12.3 Å². The van der Waals surface area contributed by atoms with Crippen LogP contribution in [-0.4, -0.2) is 31.1 Å². The Morgan fingerprint density at radius 1 is 1.47 bits per heavy atom. The molecule has 2 heterocycles. The van der Waals surface area contributed by atoms with E-state index in [2.05, 4.69) is 17.3 Å². The van der Waals surface area contributed by atoms with E-state index in [1.54, 1.807) is 6.26 Å². The fourth-order valence-corrected chi connectivity index (χ4v) is 2.10. The van der Waals surface area contributed by atoms with Crippen molar-refractivity contribution in [2.24, 2.45) is 0 Å². The van der Waals surface area contributed by atoms with Crippen LogP contribution in [0.2, 0.25) is 0 Å². The molecule has 1 unspecified atom stereocenters. The van der Waals surface area contributed by atoms with E-state index in [1.807, 2.05) is 12.1 Å². The van der Waals surface area contributed by atoms with E-state index < -0.39 is 0 Å². The molecule has 1 N–H and O–H groups in total. The van der Waals surface area contributed by atoms with E-state index in [9.17, 15) is 0 Å². The second-order valence-electron chi connectivity index (χ2n) is 4.39. The van der Waals surface area contributed by atoms with Gasteiger partial charge in [0.2, 0.25) is 0 Å². The average Bonchev–Trinajstić information content (AvgIpc) is 2.66. The normalized spacial score (nSPS) is 23.9. The predicted molar refractivity (Wildman–Crippen MR) is 60.7 cm³/mol. The third-order valence-electron chi connectivity index (χ3n) is 3.10. The summed E-state index contributed by atoms with van der Waals surface area (Å²) in [4.78, 5) is 2.41. The molecule has 0 spiro atoms. The van der Waals surface area contributed by atoms with Gasteiger partial charge in [-0.15, -0.1) is 0 Å². The zero-order valence-electron chi connectivity index (χ0n) is 9.41. The Morgan fingerprint density at radius 2 is 2.40 bits per heavy atom. The summed E-state index contributed by atoms with van der Waals surface area (Å²) in [5.41, 5.74) is 0. The van der Waals surface area contributed by atoms with Gasteiger partial charge in [0.1, 0.15) is 5.76 Å². The molecule has 2 rings (SSSR count). The van der Waals surface area contributed by atoms with Crippen LogP contribution in [0.15, 0.2) is 22.8 Å². The molecule has 15 heavy (non-hydrogen) atoms. The van der Waals surface area contributed by atoms with Crippen LogP contribution in [0.1, 0.15) is 25.0 Å². The minimum absolute atomic E-state index is 0.653. The summed E-state index contributed by atoms with van der Waals surface area (Å²) in [6, 6.07) is 4.62. The summed E-state index contributed by atoms with van der Waals surface area (Å²) in [5, 5.41) is 3.56. The average molecular weight is 208 g/mol.